The van der Waals surface area contributed by atoms with Gasteiger partial charge < -0.3 is 25.2 Å². The van der Waals surface area contributed by atoms with Crippen LogP contribution in [0.25, 0.3) is 0 Å². The molecule has 0 spiro atoms. The number of halogens is 3. The number of piperazine rings is 1. The number of para-hydroxylation sites is 1. The van der Waals surface area contributed by atoms with Crippen LogP contribution < -0.4 is 20.3 Å². The van der Waals surface area contributed by atoms with Gasteiger partial charge in [0.2, 0.25) is 11.8 Å². The van der Waals surface area contributed by atoms with E-state index in [4.69, 9.17) is 0 Å². The third kappa shape index (κ3) is 7.05. The average molecular weight is 437 g/mol. The topological polar surface area (TPSA) is 86.8 Å². The zero-order valence-electron chi connectivity index (χ0n) is 16.6. The largest absolute Gasteiger partial charge is 0.468 e. The second-order valence-electron chi connectivity index (χ2n) is 6.80. The minimum absolute atomic E-state index is 0.169. The van der Waals surface area contributed by atoms with E-state index < -0.39 is 18.8 Å². The van der Waals surface area contributed by atoms with Crippen molar-refractivity contribution in [1.82, 2.24) is 15.2 Å². The predicted molar refractivity (Wildman–Crippen MR) is 108 cm³/mol. The fourth-order valence-electron chi connectivity index (χ4n) is 2.99. The Kier molecular flexibility index (Phi) is 7.16. The Balaban J connectivity index is 1.38. The van der Waals surface area contributed by atoms with Crippen LogP contribution in [0.4, 0.5) is 29.3 Å². The first kappa shape index (κ1) is 22.2. The van der Waals surface area contributed by atoms with Gasteiger partial charge in [0.25, 0.3) is 0 Å². The van der Waals surface area contributed by atoms with E-state index in [9.17, 15) is 22.8 Å². The van der Waals surface area contributed by atoms with Gasteiger partial charge in [-0.15, -0.1) is 0 Å². The Bertz CT molecular complexity index is 870. The number of carbonyl (C=O) groups is 2. The fraction of sp³-hybridized carbons (Fsp3) is 0.350. The summed E-state index contributed by atoms with van der Waals surface area (Å²) in [6.07, 6.45) is -3.30. The zero-order valence-corrected chi connectivity index (χ0v) is 16.6. The number of rotatable bonds is 6. The first-order valence-electron chi connectivity index (χ1n) is 9.58. The van der Waals surface area contributed by atoms with Gasteiger partial charge in [-0.2, -0.15) is 13.2 Å². The van der Waals surface area contributed by atoms with E-state index in [-0.39, 0.29) is 24.0 Å². The highest BCUT2D eigenvalue weighted by Gasteiger charge is 2.28. The summed E-state index contributed by atoms with van der Waals surface area (Å²) >= 11 is 0. The van der Waals surface area contributed by atoms with Crippen molar-refractivity contribution in [1.29, 1.82) is 0 Å². The lowest BCUT2D eigenvalue weighted by atomic mass is 10.2. The standard InChI is InChI=1S/C20H22F3N5O3/c21-20(22,23)14-31-17-7-6-15(12-24-17)26-19(30)25-13-18(29)28-10-8-27(9-11-28)16-4-2-1-3-5-16/h1-7,12H,8-11,13-14H2,(H2,25,26,30). The summed E-state index contributed by atoms with van der Waals surface area (Å²) in [5, 5.41) is 4.93. The minimum atomic E-state index is -4.46. The minimum Gasteiger partial charge on any atom is -0.468 e. The number of carbonyl (C=O) groups excluding carboxylic acids is 2. The molecule has 0 atom stereocenters. The third-order valence-corrected chi connectivity index (χ3v) is 4.53. The summed E-state index contributed by atoms with van der Waals surface area (Å²) < 4.78 is 40.9. The van der Waals surface area contributed by atoms with Crippen LogP contribution in [0.15, 0.2) is 48.7 Å². The van der Waals surface area contributed by atoms with E-state index in [2.05, 4.69) is 25.3 Å². The van der Waals surface area contributed by atoms with Crippen molar-refractivity contribution in [2.45, 2.75) is 6.18 Å². The van der Waals surface area contributed by atoms with E-state index in [1.807, 2.05) is 30.3 Å². The zero-order chi connectivity index (χ0) is 22.3. The number of pyridine rings is 1. The predicted octanol–water partition coefficient (Wildman–Crippen LogP) is 2.49. The number of amides is 3. The molecule has 1 fully saturated rings. The molecule has 2 N–H and O–H groups in total. The highest BCUT2D eigenvalue weighted by Crippen LogP contribution is 2.18. The van der Waals surface area contributed by atoms with Crippen molar-refractivity contribution >= 4 is 23.3 Å². The fourth-order valence-corrected chi connectivity index (χ4v) is 2.99. The smallest absolute Gasteiger partial charge is 0.422 e. The molecule has 1 aromatic carbocycles. The quantitative estimate of drug-likeness (QED) is 0.725. The molecule has 31 heavy (non-hydrogen) atoms. The summed E-state index contributed by atoms with van der Waals surface area (Å²) in [5.74, 6) is -0.412. The van der Waals surface area contributed by atoms with Gasteiger partial charge in [-0.3, -0.25) is 4.79 Å². The van der Waals surface area contributed by atoms with Gasteiger partial charge in [-0.05, 0) is 18.2 Å². The molecule has 0 bridgehead atoms. The molecular formula is C20H22F3N5O3. The molecule has 0 radical (unpaired) electrons. The van der Waals surface area contributed by atoms with Crippen molar-refractivity contribution in [3.63, 3.8) is 0 Å². The van der Waals surface area contributed by atoms with Gasteiger partial charge in [0.1, 0.15) is 0 Å². The summed E-state index contributed by atoms with van der Waals surface area (Å²) in [5.41, 5.74) is 1.36. The van der Waals surface area contributed by atoms with Gasteiger partial charge in [-0.25, -0.2) is 9.78 Å². The number of hydrogen-bond acceptors (Lipinski definition) is 5. The third-order valence-electron chi connectivity index (χ3n) is 4.53. The number of hydrogen-bond donors (Lipinski definition) is 2. The molecule has 2 heterocycles. The summed E-state index contributed by atoms with van der Waals surface area (Å²) in [6.45, 7) is 0.903. The molecule has 1 saturated heterocycles. The Labute approximate surface area is 177 Å². The van der Waals surface area contributed by atoms with Crippen LogP contribution in [0, 0.1) is 0 Å². The van der Waals surface area contributed by atoms with Crippen LogP contribution in [0.1, 0.15) is 0 Å². The molecule has 166 valence electrons. The monoisotopic (exact) mass is 437 g/mol. The summed E-state index contributed by atoms with van der Waals surface area (Å²) in [4.78, 5) is 31.9. The second-order valence-corrected chi connectivity index (χ2v) is 6.80. The number of benzene rings is 1. The lowest BCUT2D eigenvalue weighted by Gasteiger charge is -2.36. The SMILES string of the molecule is O=C(NCC(=O)N1CCN(c2ccccc2)CC1)Nc1ccc(OCC(F)(F)F)nc1. The van der Waals surface area contributed by atoms with Gasteiger partial charge in [0, 0.05) is 37.9 Å². The van der Waals surface area contributed by atoms with Crippen LogP contribution in [0.2, 0.25) is 0 Å². The first-order chi connectivity index (χ1) is 14.8. The number of alkyl halides is 3. The van der Waals surface area contributed by atoms with Crippen LogP contribution >= 0.6 is 0 Å². The van der Waals surface area contributed by atoms with E-state index in [1.165, 1.54) is 12.1 Å². The summed E-state index contributed by atoms with van der Waals surface area (Å²) in [6, 6.07) is 11.9. The van der Waals surface area contributed by atoms with Crippen LogP contribution in [0.5, 0.6) is 5.88 Å². The number of nitrogens with zero attached hydrogens (tertiary/aromatic N) is 3. The molecule has 2 aromatic rings. The number of anilines is 2. The van der Waals surface area contributed by atoms with Gasteiger partial charge in [0.15, 0.2) is 6.61 Å². The lowest BCUT2D eigenvalue weighted by molar-refractivity contribution is -0.154. The lowest BCUT2D eigenvalue weighted by Crippen LogP contribution is -2.51. The number of urea groups is 1. The maximum atomic E-state index is 12.3. The second kappa shape index (κ2) is 10.0. The van der Waals surface area contributed by atoms with Crippen molar-refractivity contribution in [3.8, 4) is 5.88 Å². The normalized spacial score (nSPS) is 14.2. The number of nitrogens with one attached hydrogen (secondary N) is 2. The number of ether oxygens (including phenoxy) is 1. The molecule has 0 aliphatic carbocycles. The average Bonchev–Trinajstić information content (AvgIpc) is 2.77. The van der Waals surface area contributed by atoms with Crippen LogP contribution in [-0.2, 0) is 4.79 Å². The molecule has 1 aromatic heterocycles. The molecule has 0 saturated carbocycles. The van der Waals surface area contributed by atoms with E-state index in [0.29, 0.717) is 26.2 Å². The van der Waals surface area contributed by atoms with Crippen molar-refractivity contribution < 1.29 is 27.5 Å². The molecule has 0 unspecified atom stereocenters. The molecular weight excluding hydrogens is 415 g/mol. The molecule has 11 heteroatoms. The first-order valence-corrected chi connectivity index (χ1v) is 9.58. The van der Waals surface area contributed by atoms with Gasteiger partial charge >= 0.3 is 12.2 Å². The molecule has 1 aliphatic heterocycles. The van der Waals surface area contributed by atoms with E-state index >= 15 is 0 Å². The molecule has 3 amide bonds. The Hall–Kier alpha value is -3.50. The van der Waals surface area contributed by atoms with Gasteiger partial charge in [-0.1, -0.05) is 18.2 Å². The van der Waals surface area contributed by atoms with Crippen molar-refractivity contribution in [2.24, 2.45) is 0 Å². The van der Waals surface area contributed by atoms with Crippen molar-refractivity contribution in [3.05, 3.63) is 48.7 Å². The Morgan fingerprint density at radius 1 is 1.03 bits per heavy atom. The van der Waals surface area contributed by atoms with Gasteiger partial charge in [0.05, 0.1) is 18.4 Å². The highest BCUT2D eigenvalue weighted by atomic mass is 19.4. The van der Waals surface area contributed by atoms with E-state index in [1.54, 1.807) is 4.90 Å². The number of aromatic nitrogens is 1. The Morgan fingerprint density at radius 3 is 2.35 bits per heavy atom. The van der Waals surface area contributed by atoms with E-state index in [0.717, 1.165) is 11.9 Å². The molecule has 8 nitrogen and oxygen atoms in total. The molecule has 3 rings (SSSR count). The maximum Gasteiger partial charge on any atom is 0.422 e. The molecule has 1 aliphatic rings. The Morgan fingerprint density at radius 2 is 1.74 bits per heavy atom. The van der Waals surface area contributed by atoms with Crippen LogP contribution in [0.3, 0.4) is 0 Å². The van der Waals surface area contributed by atoms with Crippen molar-refractivity contribution in [2.75, 3.05) is 49.5 Å². The van der Waals surface area contributed by atoms with Crippen LogP contribution in [-0.4, -0.2) is 67.3 Å². The highest BCUT2D eigenvalue weighted by molar-refractivity contribution is 5.92. The summed E-state index contributed by atoms with van der Waals surface area (Å²) in [7, 11) is 0. The maximum absolute atomic E-state index is 12.3.